The monoisotopic (exact) mass is 204 g/mol. The van der Waals surface area contributed by atoms with Crippen LogP contribution in [-0.4, -0.2) is 11.6 Å². The standard InChI is InChI=1S/C12H16N2O/c1-9-11(5-2-6-14-9)12(13)10-4-3-7-15-8-10/h2,5-6,8,12H,3-4,7,13H2,1H3. The molecule has 80 valence electrons. The quantitative estimate of drug-likeness (QED) is 0.802. The second kappa shape index (κ2) is 4.45. The molecule has 2 N–H and O–H groups in total. The molecule has 0 spiro atoms. The van der Waals surface area contributed by atoms with E-state index in [-0.39, 0.29) is 6.04 Å². The van der Waals surface area contributed by atoms with Gasteiger partial charge in [-0.25, -0.2) is 0 Å². The summed E-state index contributed by atoms with van der Waals surface area (Å²) in [5.74, 6) is 0. The van der Waals surface area contributed by atoms with E-state index >= 15 is 0 Å². The van der Waals surface area contributed by atoms with Crippen molar-refractivity contribution in [2.75, 3.05) is 6.61 Å². The van der Waals surface area contributed by atoms with Gasteiger partial charge in [0.1, 0.15) is 0 Å². The predicted octanol–water partition coefficient (Wildman–Crippen LogP) is 2.08. The maximum Gasteiger partial charge on any atom is 0.0876 e. The number of ether oxygens (including phenoxy) is 1. The molecule has 0 saturated heterocycles. The lowest BCUT2D eigenvalue weighted by molar-refractivity contribution is 0.221. The minimum atomic E-state index is -0.0704. The lowest BCUT2D eigenvalue weighted by Gasteiger charge is -2.20. The van der Waals surface area contributed by atoms with Gasteiger partial charge in [0.15, 0.2) is 0 Å². The Morgan fingerprint density at radius 2 is 2.40 bits per heavy atom. The molecule has 3 heteroatoms. The number of rotatable bonds is 2. The van der Waals surface area contributed by atoms with Crippen LogP contribution in [0.5, 0.6) is 0 Å². The largest absolute Gasteiger partial charge is 0.501 e. The van der Waals surface area contributed by atoms with E-state index < -0.39 is 0 Å². The van der Waals surface area contributed by atoms with Crippen LogP contribution in [0.3, 0.4) is 0 Å². The first kappa shape index (κ1) is 10.2. The van der Waals surface area contributed by atoms with Crippen LogP contribution in [0.15, 0.2) is 30.2 Å². The molecule has 15 heavy (non-hydrogen) atoms. The Morgan fingerprint density at radius 1 is 1.53 bits per heavy atom. The highest BCUT2D eigenvalue weighted by molar-refractivity contribution is 5.30. The Kier molecular flexibility index (Phi) is 3.02. The van der Waals surface area contributed by atoms with Gasteiger partial charge in [-0.15, -0.1) is 0 Å². The third-order valence-electron chi connectivity index (χ3n) is 2.74. The van der Waals surface area contributed by atoms with Crippen molar-refractivity contribution in [2.24, 2.45) is 5.73 Å². The van der Waals surface area contributed by atoms with Crippen molar-refractivity contribution in [3.63, 3.8) is 0 Å². The summed E-state index contributed by atoms with van der Waals surface area (Å²) in [6.07, 6.45) is 5.67. The maximum absolute atomic E-state index is 6.18. The number of hydrogen-bond acceptors (Lipinski definition) is 3. The first-order valence-corrected chi connectivity index (χ1v) is 5.26. The fourth-order valence-electron chi connectivity index (χ4n) is 1.84. The minimum absolute atomic E-state index is 0.0704. The Balaban J connectivity index is 2.23. The first-order valence-electron chi connectivity index (χ1n) is 5.26. The minimum Gasteiger partial charge on any atom is -0.501 e. The second-order valence-corrected chi connectivity index (χ2v) is 3.82. The summed E-state index contributed by atoms with van der Waals surface area (Å²) in [5, 5.41) is 0. The summed E-state index contributed by atoms with van der Waals surface area (Å²) in [6.45, 7) is 2.79. The number of aromatic nitrogens is 1. The molecule has 1 aromatic rings. The third-order valence-corrected chi connectivity index (χ3v) is 2.74. The highest BCUT2D eigenvalue weighted by Gasteiger charge is 2.16. The van der Waals surface area contributed by atoms with E-state index in [9.17, 15) is 0 Å². The molecule has 2 rings (SSSR count). The molecule has 0 fully saturated rings. The van der Waals surface area contributed by atoms with Crippen molar-refractivity contribution in [1.29, 1.82) is 0 Å². The average molecular weight is 204 g/mol. The lowest BCUT2D eigenvalue weighted by atomic mass is 9.95. The summed E-state index contributed by atoms with van der Waals surface area (Å²) in [5.41, 5.74) is 9.44. The average Bonchev–Trinajstić information content (AvgIpc) is 2.30. The highest BCUT2D eigenvalue weighted by atomic mass is 16.5. The Hall–Kier alpha value is -1.35. The van der Waals surface area contributed by atoms with Crippen molar-refractivity contribution < 1.29 is 4.74 Å². The Morgan fingerprint density at radius 3 is 3.07 bits per heavy atom. The normalized spacial score (nSPS) is 17.9. The number of hydrogen-bond donors (Lipinski definition) is 1. The van der Waals surface area contributed by atoms with Crippen LogP contribution in [0.1, 0.15) is 30.1 Å². The van der Waals surface area contributed by atoms with Gasteiger partial charge in [0.25, 0.3) is 0 Å². The molecule has 0 radical (unpaired) electrons. The zero-order valence-electron chi connectivity index (χ0n) is 8.94. The van der Waals surface area contributed by atoms with Crippen LogP contribution in [0.4, 0.5) is 0 Å². The summed E-state index contributed by atoms with van der Waals surface area (Å²) in [4.78, 5) is 4.25. The maximum atomic E-state index is 6.18. The number of aryl methyl sites for hydroxylation is 1. The SMILES string of the molecule is Cc1ncccc1C(N)C1=COCCC1. The van der Waals surface area contributed by atoms with E-state index in [2.05, 4.69) is 4.98 Å². The summed E-state index contributed by atoms with van der Waals surface area (Å²) in [6, 6.07) is 3.88. The van der Waals surface area contributed by atoms with Gasteiger partial charge in [0.2, 0.25) is 0 Å². The van der Waals surface area contributed by atoms with Gasteiger partial charge in [-0.05, 0) is 37.0 Å². The van der Waals surface area contributed by atoms with Gasteiger partial charge in [0.05, 0.1) is 18.9 Å². The van der Waals surface area contributed by atoms with E-state index in [1.807, 2.05) is 19.1 Å². The van der Waals surface area contributed by atoms with Crippen LogP contribution in [0, 0.1) is 6.92 Å². The summed E-state index contributed by atoms with van der Waals surface area (Å²) in [7, 11) is 0. The summed E-state index contributed by atoms with van der Waals surface area (Å²) >= 11 is 0. The lowest BCUT2D eigenvalue weighted by Crippen LogP contribution is -2.17. The topological polar surface area (TPSA) is 48.1 Å². The zero-order chi connectivity index (χ0) is 10.7. The second-order valence-electron chi connectivity index (χ2n) is 3.82. The van der Waals surface area contributed by atoms with E-state index in [1.165, 1.54) is 0 Å². The molecular weight excluding hydrogens is 188 g/mol. The van der Waals surface area contributed by atoms with Gasteiger partial charge >= 0.3 is 0 Å². The summed E-state index contributed by atoms with van der Waals surface area (Å²) < 4.78 is 5.30. The molecule has 0 bridgehead atoms. The van der Waals surface area contributed by atoms with E-state index in [4.69, 9.17) is 10.5 Å². The van der Waals surface area contributed by atoms with Crippen molar-refractivity contribution in [3.8, 4) is 0 Å². The van der Waals surface area contributed by atoms with Crippen molar-refractivity contribution in [3.05, 3.63) is 41.4 Å². The number of nitrogens with two attached hydrogens (primary N) is 1. The molecule has 0 saturated carbocycles. The van der Waals surface area contributed by atoms with Crippen molar-refractivity contribution in [2.45, 2.75) is 25.8 Å². The van der Waals surface area contributed by atoms with E-state index in [1.54, 1.807) is 12.5 Å². The molecule has 1 aliphatic heterocycles. The zero-order valence-corrected chi connectivity index (χ0v) is 8.94. The molecule has 3 nitrogen and oxygen atoms in total. The fourth-order valence-corrected chi connectivity index (χ4v) is 1.84. The van der Waals surface area contributed by atoms with E-state index in [0.717, 1.165) is 36.3 Å². The van der Waals surface area contributed by atoms with Crippen LogP contribution < -0.4 is 5.73 Å². The van der Waals surface area contributed by atoms with Crippen LogP contribution in [-0.2, 0) is 4.74 Å². The van der Waals surface area contributed by atoms with Gasteiger partial charge < -0.3 is 10.5 Å². The smallest absolute Gasteiger partial charge is 0.0876 e. The molecule has 1 unspecified atom stereocenters. The number of pyridine rings is 1. The highest BCUT2D eigenvalue weighted by Crippen LogP contribution is 2.26. The Labute approximate surface area is 90.0 Å². The van der Waals surface area contributed by atoms with Crippen molar-refractivity contribution >= 4 is 0 Å². The van der Waals surface area contributed by atoms with E-state index in [0.29, 0.717) is 0 Å². The van der Waals surface area contributed by atoms with Crippen LogP contribution >= 0.6 is 0 Å². The fraction of sp³-hybridized carbons (Fsp3) is 0.417. The Bertz CT molecular complexity index is 374. The van der Waals surface area contributed by atoms with Gasteiger partial charge in [-0.2, -0.15) is 0 Å². The van der Waals surface area contributed by atoms with Crippen LogP contribution in [0.25, 0.3) is 0 Å². The van der Waals surface area contributed by atoms with Crippen molar-refractivity contribution in [1.82, 2.24) is 4.98 Å². The molecule has 0 amide bonds. The molecule has 0 aromatic carbocycles. The number of nitrogens with zero attached hydrogens (tertiary/aromatic N) is 1. The molecule has 2 heterocycles. The molecule has 1 aromatic heterocycles. The van der Waals surface area contributed by atoms with Gasteiger partial charge in [-0.3, -0.25) is 4.98 Å². The molecular formula is C12H16N2O. The van der Waals surface area contributed by atoms with Crippen LogP contribution in [0.2, 0.25) is 0 Å². The third kappa shape index (κ3) is 2.18. The van der Waals surface area contributed by atoms with Gasteiger partial charge in [0, 0.05) is 11.9 Å². The molecule has 1 atom stereocenters. The molecule has 1 aliphatic rings. The first-order chi connectivity index (χ1) is 7.29. The molecule has 0 aliphatic carbocycles. The predicted molar refractivity (Wildman–Crippen MR) is 59.2 cm³/mol. The van der Waals surface area contributed by atoms with Gasteiger partial charge in [-0.1, -0.05) is 6.07 Å².